The predicted molar refractivity (Wildman–Crippen MR) is 632 cm³/mol. The molecule has 0 radical (unpaired) electrons. The van der Waals surface area contributed by atoms with Crippen LogP contribution in [0.1, 0.15) is 128 Å². The molecule has 6 heterocycles. The third-order valence-corrected chi connectivity index (χ3v) is 33.3. The van der Waals surface area contributed by atoms with Crippen molar-refractivity contribution < 1.29 is 0 Å². The van der Waals surface area contributed by atoms with Crippen molar-refractivity contribution >= 4 is 131 Å². The molecule has 149 heavy (non-hydrogen) atoms. The Morgan fingerprint density at radius 2 is 0.315 bits per heavy atom. The SMILES string of the molecule is Cc1ccc2c(c1)c1cc3c(cc1n2-c1ccccc1)-c1ccccc1C3(C)C.Cc1ccc2c(c1)c1cc3c(cc1n2-c1ccccc1)C(C)(C)c1ccccc1-3.Cc1ccc2c3cc4c(cc3n(-c3ccccc3)c2c1)-c1ccccc1C4(C)C.Cc1ccc2c3cc4c(cc3n(-c3ccccc3)c2c1)C(C)(C)c1ccccc1-4.Cc1ccc2c3cc4c(cc3n(-c3ccccc3)c2c1)c1ccccc1n4-c1ccccc1. The van der Waals surface area contributed by atoms with Crippen molar-refractivity contribution in [3.8, 4) is 78.6 Å². The van der Waals surface area contributed by atoms with Gasteiger partial charge in [-0.3, -0.25) is 0 Å². The van der Waals surface area contributed by atoms with Crippen molar-refractivity contribution in [2.75, 3.05) is 0 Å². The Kier molecular flexibility index (Phi) is 20.8. The van der Waals surface area contributed by atoms with Crippen molar-refractivity contribution in [3.05, 3.63) is 527 Å². The van der Waals surface area contributed by atoms with Crippen LogP contribution in [0.25, 0.3) is 209 Å². The molecule has 716 valence electrons. The number of hydrogen-bond donors (Lipinski definition) is 0. The van der Waals surface area contributed by atoms with Crippen LogP contribution < -0.4 is 0 Å². The summed E-state index contributed by atoms with van der Waals surface area (Å²) in [6, 6.07) is 167. The fraction of sp³-hybridized carbons (Fsp3) is 0.119. The number of hydrogen-bond acceptors (Lipinski definition) is 0. The molecule has 0 bridgehead atoms. The van der Waals surface area contributed by atoms with Crippen LogP contribution in [0.2, 0.25) is 0 Å². The second kappa shape index (κ2) is 34.3. The summed E-state index contributed by atoms with van der Waals surface area (Å²) in [6.07, 6.45) is 0. The molecule has 0 amide bonds. The van der Waals surface area contributed by atoms with Gasteiger partial charge >= 0.3 is 0 Å². The molecule has 6 nitrogen and oxygen atoms in total. The van der Waals surface area contributed by atoms with E-state index in [2.05, 4.69) is 572 Å². The first-order valence-corrected chi connectivity index (χ1v) is 52.6. The smallest absolute Gasteiger partial charge is 0.0548 e. The van der Waals surface area contributed by atoms with Crippen molar-refractivity contribution in [1.29, 1.82) is 0 Å². The fourth-order valence-corrected chi connectivity index (χ4v) is 26.0. The first-order chi connectivity index (χ1) is 72.5. The standard InChI is InChI=1S/C31H22N2.4C28H23N/c1-21-16-17-25-27-20-30-26(19-31(27)33(29(25)18-21)23-12-6-3-7-13-23)24-14-8-9-15-28(24)32(30)22-10-4-2-5-11-22;1-18-13-14-26-22(15-18)23-16-25-21(20-11-7-8-12-24(20)28(25,2)3)17-27(23)29(26)19-9-5-4-6-10-19;1-18-13-14-26-22(15-18)23-16-21-20-11-7-8-12-24(20)28(2,3)25(21)17-27(23)29(26)19-9-5-4-6-10-19;1-18-13-14-21-23-16-25-22(20-11-7-8-12-24(20)28(25,2)3)17-27(23)29(26(21)15-18)19-9-5-4-6-10-19;1-18-13-14-21-23-16-22-20-11-7-8-12-24(20)28(2,3)25(22)17-27(23)29(26(21)15-18)19-9-5-4-6-10-19/h2-20H,1H3;4*4-17H,1-3H3. The lowest BCUT2D eigenvalue weighted by Gasteiger charge is -2.21. The Hall–Kier alpha value is -17.6. The van der Waals surface area contributed by atoms with Gasteiger partial charge in [0.05, 0.1) is 66.2 Å². The van der Waals surface area contributed by atoms with Crippen LogP contribution in [-0.4, -0.2) is 27.4 Å². The lowest BCUT2D eigenvalue weighted by Crippen LogP contribution is -2.14. The van der Waals surface area contributed by atoms with Gasteiger partial charge in [0.2, 0.25) is 0 Å². The summed E-state index contributed by atoms with van der Waals surface area (Å²) >= 11 is 0. The minimum absolute atomic E-state index is 0.00794. The molecule has 0 fully saturated rings. The van der Waals surface area contributed by atoms with Crippen molar-refractivity contribution in [2.24, 2.45) is 0 Å². The molecule has 27 aromatic rings. The summed E-state index contributed by atoms with van der Waals surface area (Å²) in [4.78, 5) is 0. The molecule has 21 aromatic carbocycles. The largest absolute Gasteiger partial charge is 0.309 e. The van der Waals surface area contributed by atoms with E-state index in [1.54, 1.807) is 0 Å². The normalized spacial score (nSPS) is 13.8. The lowest BCUT2D eigenvalue weighted by molar-refractivity contribution is 0.661. The second-order valence-electron chi connectivity index (χ2n) is 43.9. The molecule has 0 saturated carbocycles. The van der Waals surface area contributed by atoms with E-state index >= 15 is 0 Å². The van der Waals surface area contributed by atoms with E-state index < -0.39 is 0 Å². The van der Waals surface area contributed by atoms with Gasteiger partial charge in [0, 0.05) is 120 Å². The zero-order valence-corrected chi connectivity index (χ0v) is 86.5. The minimum atomic E-state index is 0.00794. The zero-order chi connectivity index (χ0) is 101. The summed E-state index contributed by atoms with van der Waals surface area (Å²) in [5.74, 6) is 0. The number of aromatic nitrogens is 6. The van der Waals surface area contributed by atoms with Crippen LogP contribution in [0.4, 0.5) is 0 Å². The van der Waals surface area contributed by atoms with Gasteiger partial charge in [-0.05, 0) is 322 Å². The van der Waals surface area contributed by atoms with E-state index in [0.29, 0.717) is 0 Å². The summed E-state index contributed by atoms with van der Waals surface area (Å²) in [6.45, 7) is 29.7. The quantitative estimate of drug-likeness (QED) is 0.159. The van der Waals surface area contributed by atoms with E-state index in [1.165, 1.54) is 282 Å². The number of para-hydroxylation sites is 7. The highest BCUT2D eigenvalue weighted by Crippen LogP contribution is 2.57. The average Bonchev–Trinajstić information content (AvgIpc) is 1.57. The van der Waals surface area contributed by atoms with Crippen molar-refractivity contribution in [1.82, 2.24) is 27.4 Å². The zero-order valence-electron chi connectivity index (χ0n) is 86.5. The van der Waals surface area contributed by atoms with Crippen LogP contribution in [0.5, 0.6) is 0 Å². The summed E-state index contributed by atoms with van der Waals surface area (Å²) in [5.41, 5.74) is 51.3. The number of nitrogens with zero attached hydrogens (tertiary/aromatic N) is 6. The molecular weight excluding hydrogens is 1800 g/mol. The van der Waals surface area contributed by atoms with Crippen LogP contribution in [0.15, 0.2) is 455 Å². The van der Waals surface area contributed by atoms with E-state index in [1.807, 2.05) is 0 Å². The Labute approximate surface area is 869 Å². The Bertz CT molecular complexity index is 10100. The maximum absolute atomic E-state index is 2.45. The van der Waals surface area contributed by atoms with Crippen LogP contribution in [0, 0.1) is 34.6 Å². The molecule has 6 aromatic heterocycles. The van der Waals surface area contributed by atoms with Gasteiger partial charge in [-0.15, -0.1) is 0 Å². The molecule has 0 N–H and O–H groups in total. The van der Waals surface area contributed by atoms with Gasteiger partial charge in [-0.1, -0.05) is 340 Å². The molecule has 31 rings (SSSR count). The van der Waals surface area contributed by atoms with Crippen LogP contribution in [0.3, 0.4) is 0 Å². The molecule has 4 aliphatic rings. The molecule has 0 saturated heterocycles. The molecule has 0 spiro atoms. The molecule has 6 heteroatoms. The molecule has 0 aliphatic heterocycles. The Morgan fingerprint density at radius 3 is 0.638 bits per heavy atom. The molecule has 0 atom stereocenters. The lowest BCUT2D eigenvalue weighted by atomic mass is 9.82. The van der Waals surface area contributed by atoms with Crippen molar-refractivity contribution in [2.45, 2.75) is 112 Å². The number of aryl methyl sites for hydroxylation is 5. The third-order valence-electron chi connectivity index (χ3n) is 33.3. The summed E-state index contributed by atoms with van der Waals surface area (Å²) in [5, 5.41) is 15.8. The fourth-order valence-electron chi connectivity index (χ4n) is 26.0. The highest BCUT2D eigenvalue weighted by molar-refractivity contribution is 6.21. The number of fused-ring (bicyclic) bond motifs is 30. The maximum atomic E-state index is 2.45. The highest BCUT2D eigenvalue weighted by atomic mass is 15.0. The van der Waals surface area contributed by atoms with E-state index in [9.17, 15) is 0 Å². The van der Waals surface area contributed by atoms with Gasteiger partial charge in [0.15, 0.2) is 0 Å². The molecule has 4 aliphatic carbocycles. The monoisotopic (exact) mass is 1910 g/mol. The van der Waals surface area contributed by atoms with E-state index in [-0.39, 0.29) is 21.7 Å². The maximum Gasteiger partial charge on any atom is 0.0548 e. The van der Waals surface area contributed by atoms with Gasteiger partial charge in [-0.25, -0.2) is 0 Å². The Balaban J connectivity index is 0.0000000918. The Morgan fingerprint density at radius 1 is 0.121 bits per heavy atom. The second-order valence-corrected chi connectivity index (χ2v) is 43.9. The van der Waals surface area contributed by atoms with Crippen LogP contribution in [-0.2, 0) is 21.7 Å². The molecular formula is C143H114N6. The summed E-state index contributed by atoms with van der Waals surface area (Å²) in [7, 11) is 0. The minimum Gasteiger partial charge on any atom is -0.309 e. The first kappa shape index (κ1) is 90.2. The predicted octanol–water partition coefficient (Wildman–Crippen LogP) is 37.8. The average molecular weight is 1920 g/mol. The van der Waals surface area contributed by atoms with Crippen LogP contribution >= 0.6 is 0 Å². The van der Waals surface area contributed by atoms with Gasteiger partial charge < -0.3 is 27.4 Å². The van der Waals surface area contributed by atoms with E-state index in [4.69, 9.17) is 0 Å². The summed E-state index contributed by atoms with van der Waals surface area (Å²) < 4.78 is 14.5. The van der Waals surface area contributed by atoms with E-state index in [0.717, 1.165) is 0 Å². The topological polar surface area (TPSA) is 29.6 Å². The van der Waals surface area contributed by atoms with Crippen molar-refractivity contribution in [3.63, 3.8) is 0 Å². The van der Waals surface area contributed by atoms with Gasteiger partial charge in [0.1, 0.15) is 0 Å². The number of benzene rings is 21. The first-order valence-electron chi connectivity index (χ1n) is 52.6. The van der Waals surface area contributed by atoms with Gasteiger partial charge in [0.25, 0.3) is 0 Å². The van der Waals surface area contributed by atoms with Gasteiger partial charge in [-0.2, -0.15) is 0 Å². The number of rotatable bonds is 6. The third kappa shape index (κ3) is 14.1. The molecule has 0 unspecified atom stereocenters. The highest BCUT2D eigenvalue weighted by Gasteiger charge is 2.41.